The van der Waals surface area contributed by atoms with Crippen molar-refractivity contribution in [2.75, 3.05) is 32.8 Å². The molecule has 3 heteroatoms. The van der Waals surface area contributed by atoms with E-state index in [-0.39, 0.29) is 13.2 Å². The van der Waals surface area contributed by atoms with E-state index in [2.05, 4.69) is 17.1 Å². The molecule has 2 rings (SSSR count). The molecule has 3 nitrogen and oxygen atoms in total. The van der Waals surface area contributed by atoms with Gasteiger partial charge in [-0.1, -0.05) is 12.2 Å². The van der Waals surface area contributed by atoms with Crippen molar-refractivity contribution in [2.24, 2.45) is 17.8 Å². The van der Waals surface area contributed by atoms with Gasteiger partial charge in [-0.15, -0.1) is 0 Å². The molecule has 1 fully saturated rings. The lowest BCUT2D eigenvalue weighted by molar-refractivity contribution is 0.138. The van der Waals surface area contributed by atoms with Gasteiger partial charge < -0.3 is 10.2 Å². The van der Waals surface area contributed by atoms with E-state index in [4.69, 9.17) is 10.2 Å². The monoisotopic (exact) mass is 211 g/mol. The van der Waals surface area contributed by atoms with Crippen molar-refractivity contribution < 1.29 is 10.2 Å². The molecule has 2 N–H and O–H groups in total. The maximum Gasteiger partial charge on any atom is 0.0558 e. The van der Waals surface area contributed by atoms with Crippen molar-refractivity contribution >= 4 is 0 Å². The van der Waals surface area contributed by atoms with Crippen molar-refractivity contribution in [3.8, 4) is 0 Å². The van der Waals surface area contributed by atoms with Gasteiger partial charge in [0.25, 0.3) is 0 Å². The third-order valence-corrected chi connectivity index (χ3v) is 3.74. The lowest BCUT2D eigenvalue weighted by atomic mass is 9.93. The Hall–Kier alpha value is -0.380. The van der Waals surface area contributed by atoms with Gasteiger partial charge in [-0.3, -0.25) is 4.90 Å². The van der Waals surface area contributed by atoms with Crippen LogP contribution in [0.25, 0.3) is 0 Å². The molecule has 0 aromatic heterocycles. The van der Waals surface area contributed by atoms with Crippen LogP contribution < -0.4 is 0 Å². The molecule has 0 unspecified atom stereocenters. The summed E-state index contributed by atoms with van der Waals surface area (Å²) in [6, 6.07) is 0. The average Bonchev–Trinajstić information content (AvgIpc) is 2.80. The van der Waals surface area contributed by atoms with Crippen LogP contribution in [-0.2, 0) is 0 Å². The highest BCUT2D eigenvalue weighted by Crippen LogP contribution is 2.43. The third-order valence-electron chi connectivity index (χ3n) is 3.74. The maximum atomic E-state index is 8.93. The third kappa shape index (κ3) is 2.60. The molecular formula is C12H21NO2. The van der Waals surface area contributed by atoms with Crippen molar-refractivity contribution in [1.29, 1.82) is 0 Å². The summed E-state index contributed by atoms with van der Waals surface area (Å²) in [5.41, 5.74) is 0. The number of hydrogen-bond acceptors (Lipinski definition) is 3. The first-order valence-electron chi connectivity index (χ1n) is 5.96. The Morgan fingerprint density at radius 1 is 1.07 bits per heavy atom. The maximum absolute atomic E-state index is 8.93. The van der Waals surface area contributed by atoms with Crippen molar-refractivity contribution in [1.82, 2.24) is 4.90 Å². The molecule has 0 saturated heterocycles. The van der Waals surface area contributed by atoms with E-state index < -0.39 is 0 Å². The predicted molar refractivity (Wildman–Crippen MR) is 59.5 cm³/mol. The van der Waals surface area contributed by atoms with Crippen molar-refractivity contribution in [3.05, 3.63) is 12.2 Å². The van der Waals surface area contributed by atoms with Gasteiger partial charge in [0.15, 0.2) is 0 Å². The lowest BCUT2D eigenvalue weighted by Gasteiger charge is -2.27. The van der Waals surface area contributed by atoms with Gasteiger partial charge in [0.05, 0.1) is 13.2 Å². The zero-order chi connectivity index (χ0) is 10.7. The fourth-order valence-corrected chi connectivity index (χ4v) is 3.01. The largest absolute Gasteiger partial charge is 0.395 e. The second kappa shape index (κ2) is 5.10. The number of nitrogens with zero attached hydrogens (tertiary/aromatic N) is 1. The van der Waals surface area contributed by atoms with Crippen LogP contribution in [0.5, 0.6) is 0 Å². The second-order valence-electron chi connectivity index (χ2n) is 4.79. The zero-order valence-corrected chi connectivity index (χ0v) is 9.18. The highest BCUT2D eigenvalue weighted by atomic mass is 16.3. The number of aliphatic hydroxyl groups is 2. The van der Waals surface area contributed by atoms with Gasteiger partial charge in [0.2, 0.25) is 0 Å². The van der Waals surface area contributed by atoms with Gasteiger partial charge in [-0.05, 0) is 30.6 Å². The standard InChI is InChI=1S/C12H21NO2/c14-5-3-13(4-6-15)9-12-8-10-1-2-11(12)7-10/h1-2,10-12,14-15H,3-9H2/t10-,11+,12+/m1/s1. The molecule has 0 spiro atoms. The van der Waals surface area contributed by atoms with Gasteiger partial charge in [-0.2, -0.15) is 0 Å². The Labute approximate surface area is 91.4 Å². The molecule has 0 aliphatic heterocycles. The average molecular weight is 211 g/mol. The first-order valence-corrected chi connectivity index (χ1v) is 5.96. The van der Waals surface area contributed by atoms with Gasteiger partial charge in [0, 0.05) is 19.6 Å². The summed E-state index contributed by atoms with van der Waals surface area (Å²) < 4.78 is 0. The van der Waals surface area contributed by atoms with E-state index in [1.807, 2.05) is 0 Å². The second-order valence-corrected chi connectivity index (χ2v) is 4.79. The van der Waals surface area contributed by atoms with Crippen LogP contribution in [0.4, 0.5) is 0 Å². The van der Waals surface area contributed by atoms with Gasteiger partial charge in [0.1, 0.15) is 0 Å². The quantitative estimate of drug-likeness (QED) is 0.628. The number of allylic oxidation sites excluding steroid dienone is 2. The summed E-state index contributed by atoms with van der Waals surface area (Å²) in [7, 11) is 0. The summed E-state index contributed by atoms with van der Waals surface area (Å²) >= 11 is 0. The lowest BCUT2D eigenvalue weighted by Crippen LogP contribution is -2.35. The normalized spacial score (nSPS) is 33.1. The zero-order valence-electron chi connectivity index (χ0n) is 9.18. The fourth-order valence-electron chi connectivity index (χ4n) is 3.01. The summed E-state index contributed by atoms with van der Waals surface area (Å²) in [6.07, 6.45) is 7.34. The Morgan fingerprint density at radius 3 is 2.27 bits per heavy atom. The summed E-state index contributed by atoms with van der Waals surface area (Å²) in [5.74, 6) is 2.32. The van der Waals surface area contributed by atoms with E-state index in [0.717, 1.165) is 24.3 Å². The van der Waals surface area contributed by atoms with Gasteiger partial charge >= 0.3 is 0 Å². The van der Waals surface area contributed by atoms with Crippen LogP contribution in [0, 0.1) is 17.8 Å². The molecule has 2 bridgehead atoms. The molecule has 1 saturated carbocycles. The number of aliphatic hydroxyl groups excluding tert-OH is 2. The minimum Gasteiger partial charge on any atom is -0.395 e. The minimum absolute atomic E-state index is 0.191. The summed E-state index contributed by atoms with van der Waals surface area (Å²) in [4.78, 5) is 2.18. The van der Waals surface area contributed by atoms with Gasteiger partial charge in [-0.25, -0.2) is 0 Å². The highest BCUT2D eigenvalue weighted by Gasteiger charge is 2.36. The first kappa shape index (κ1) is 11.1. The van der Waals surface area contributed by atoms with Crippen LogP contribution in [-0.4, -0.2) is 48.0 Å². The topological polar surface area (TPSA) is 43.7 Å². The fraction of sp³-hybridized carbons (Fsp3) is 0.833. The molecule has 0 aromatic carbocycles. The molecular weight excluding hydrogens is 190 g/mol. The van der Waals surface area contributed by atoms with Crippen LogP contribution >= 0.6 is 0 Å². The molecule has 2 aliphatic carbocycles. The number of hydrogen-bond donors (Lipinski definition) is 2. The van der Waals surface area contributed by atoms with E-state index in [1.54, 1.807) is 0 Å². The van der Waals surface area contributed by atoms with E-state index in [0.29, 0.717) is 13.1 Å². The molecule has 15 heavy (non-hydrogen) atoms. The van der Waals surface area contributed by atoms with E-state index >= 15 is 0 Å². The van der Waals surface area contributed by atoms with Crippen LogP contribution in [0.15, 0.2) is 12.2 Å². The SMILES string of the molecule is OCCN(CCO)C[C@@H]1C[C@@H]2C=C[C@H]1C2. The molecule has 0 aromatic rings. The Morgan fingerprint density at radius 2 is 1.80 bits per heavy atom. The van der Waals surface area contributed by atoms with Crippen molar-refractivity contribution in [3.63, 3.8) is 0 Å². The summed E-state index contributed by atoms with van der Waals surface area (Å²) in [6.45, 7) is 2.80. The Balaban J connectivity index is 1.81. The molecule has 0 radical (unpaired) electrons. The molecule has 3 atom stereocenters. The molecule has 2 aliphatic rings. The van der Waals surface area contributed by atoms with Crippen LogP contribution in [0.1, 0.15) is 12.8 Å². The molecule has 0 heterocycles. The first-order chi connectivity index (χ1) is 7.33. The summed E-state index contributed by atoms with van der Waals surface area (Å²) in [5, 5.41) is 17.9. The van der Waals surface area contributed by atoms with E-state index in [9.17, 15) is 0 Å². The smallest absolute Gasteiger partial charge is 0.0558 e. The predicted octanol–water partition coefficient (Wildman–Crippen LogP) is 0.485. The minimum atomic E-state index is 0.191. The number of fused-ring (bicyclic) bond motifs is 2. The Bertz CT molecular complexity index is 224. The highest BCUT2D eigenvalue weighted by molar-refractivity contribution is 5.10. The molecule has 0 amide bonds. The van der Waals surface area contributed by atoms with Crippen LogP contribution in [0.3, 0.4) is 0 Å². The Kier molecular flexibility index (Phi) is 3.78. The van der Waals surface area contributed by atoms with E-state index in [1.165, 1.54) is 12.8 Å². The van der Waals surface area contributed by atoms with Crippen LogP contribution in [0.2, 0.25) is 0 Å². The van der Waals surface area contributed by atoms with Crippen molar-refractivity contribution in [2.45, 2.75) is 12.8 Å². The number of rotatable bonds is 6. The molecule has 86 valence electrons.